The average Bonchev–Trinajstić information content (AvgIpc) is 2.88. The van der Waals surface area contributed by atoms with Crippen molar-refractivity contribution in [2.75, 3.05) is 0 Å². The molecular formula is C14H20O4. The molecule has 0 amide bonds. The minimum Gasteiger partial charge on any atom is -0.481 e. The minimum atomic E-state index is -1.14. The van der Waals surface area contributed by atoms with Crippen molar-refractivity contribution in [2.24, 2.45) is 23.7 Å². The highest BCUT2D eigenvalue weighted by atomic mass is 16.6. The average molecular weight is 252 g/mol. The number of ether oxygens (including phenoxy) is 1. The zero-order valence-electron chi connectivity index (χ0n) is 11.1. The Balaban J connectivity index is 2.01. The highest BCUT2D eigenvalue weighted by Gasteiger charge is 2.46. The highest BCUT2D eigenvalue weighted by molar-refractivity contribution is 5.93. The zero-order valence-corrected chi connectivity index (χ0v) is 11.1. The van der Waals surface area contributed by atoms with Gasteiger partial charge in [0.2, 0.25) is 0 Å². The molecule has 0 aromatic carbocycles. The zero-order chi connectivity index (χ0) is 13.5. The minimum absolute atomic E-state index is 0.303. The third kappa shape index (κ3) is 2.28. The van der Waals surface area contributed by atoms with Crippen molar-refractivity contribution in [3.8, 4) is 0 Å². The Morgan fingerprint density at radius 3 is 2.44 bits per heavy atom. The SMILES string of the molecule is CC(C(=O)O)C(=O)OC(C)(C)C1CC2C=CC1C2. The first kappa shape index (κ1) is 13.1. The van der Waals surface area contributed by atoms with Gasteiger partial charge in [0.15, 0.2) is 5.92 Å². The van der Waals surface area contributed by atoms with Crippen molar-refractivity contribution < 1.29 is 19.4 Å². The molecule has 0 spiro atoms. The first-order valence-electron chi connectivity index (χ1n) is 6.45. The van der Waals surface area contributed by atoms with Crippen LogP contribution in [0.5, 0.6) is 0 Å². The number of carboxylic acid groups (broad SMARTS) is 1. The summed E-state index contributed by atoms with van der Waals surface area (Å²) in [5, 5.41) is 8.81. The Morgan fingerprint density at radius 2 is 2.00 bits per heavy atom. The standard InChI is InChI=1S/C14H20O4/c1-8(12(15)16)13(17)18-14(2,3)11-7-9-4-5-10(11)6-9/h4-5,8-11H,6-7H2,1-3H3,(H,15,16). The van der Waals surface area contributed by atoms with Gasteiger partial charge < -0.3 is 9.84 Å². The molecule has 0 aromatic heterocycles. The predicted molar refractivity (Wildman–Crippen MR) is 65.8 cm³/mol. The van der Waals surface area contributed by atoms with Crippen LogP contribution in [0.2, 0.25) is 0 Å². The molecule has 4 unspecified atom stereocenters. The monoisotopic (exact) mass is 252 g/mol. The molecule has 1 fully saturated rings. The van der Waals surface area contributed by atoms with E-state index in [-0.39, 0.29) is 0 Å². The van der Waals surface area contributed by atoms with E-state index >= 15 is 0 Å². The van der Waals surface area contributed by atoms with Crippen LogP contribution in [0, 0.1) is 23.7 Å². The molecule has 0 saturated heterocycles. The summed E-state index contributed by atoms with van der Waals surface area (Å²) in [5.41, 5.74) is -0.592. The van der Waals surface area contributed by atoms with Crippen molar-refractivity contribution in [1.29, 1.82) is 0 Å². The van der Waals surface area contributed by atoms with Gasteiger partial charge in [-0.15, -0.1) is 0 Å². The van der Waals surface area contributed by atoms with Crippen molar-refractivity contribution in [3.05, 3.63) is 12.2 Å². The van der Waals surface area contributed by atoms with E-state index in [0.29, 0.717) is 17.8 Å². The maximum Gasteiger partial charge on any atom is 0.320 e. The van der Waals surface area contributed by atoms with E-state index in [1.54, 1.807) is 0 Å². The van der Waals surface area contributed by atoms with Gasteiger partial charge in [-0.3, -0.25) is 9.59 Å². The number of carbonyl (C=O) groups excluding carboxylic acids is 1. The third-order valence-electron chi connectivity index (χ3n) is 4.26. The molecule has 100 valence electrons. The number of hydrogen-bond donors (Lipinski definition) is 1. The normalized spacial score (nSPS) is 31.4. The van der Waals surface area contributed by atoms with Crippen molar-refractivity contribution in [2.45, 2.75) is 39.2 Å². The molecule has 2 rings (SSSR count). The van der Waals surface area contributed by atoms with Gasteiger partial charge in [-0.05, 0) is 45.4 Å². The molecule has 1 saturated carbocycles. The van der Waals surface area contributed by atoms with Crippen LogP contribution in [0.25, 0.3) is 0 Å². The Hall–Kier alpha value is -1.32. The van der Waals surface area contributed by atoms with Gasteiger partial charge >= 0.3 is 11.9 Å². The van der Waals surface area contributed by atoms with Crippen LogP contribution < -0.4 is 0 Å². The summed E-state index contributed by atoms with van der Waals surface area (Å²) in [6, 6.07) is 0. The molecule has 2 aliphatic rings. The second-order valence-corrected chi connectivity index (χ2v) is 5.97. The van der Waals surface area contributed by atoms with Crippen LogP contribution >= 0.6 is 0 Å². The number of esters is 1. The Kier molecular flexibility index (Phi) is 3.21. The molecular weight excluding hydrogens is 232 g/mol. The summed E-state index contributed by atoms with van der Waals surface area (Å²) in [6.45, 7) is 5.14. The van der Waals surface area contributed by atoms with Crippen LogP contribution in [0.3, 0.4) is 0 Å². The first-order valence-corrected chi connectivity index (χ1v) is 6.45. The molecule has 0 heterocycles. The van der Waals surface area contributed by atoms with Gasteiger partial charge in [0.25, 0.3) is 0 Å². The van der Waals surface area contributed by atoms with E-state index in [2.05, 4.69) is 12.2 Å². The van der Waals surface area contributed by atoms with E-state index in [9.17, 15) is 9.59 Å². The fourth-order valence-corrected chi connectivity index (χ4v) is 3.10. The quantitative estimate of drug-likeness (QED) is 0.473. The largest absolute Gasteiger partial charge is 0.481 e. The Morgan fingerprint density at radius 1 is 1.33 bits per heavy atom. The molecule has 4 atom stereocenters. The number of allylic oxidation sites excluding steroid dienone is 2. The number of carboxylic acids is 1. The van der Waals surface area contributed by atoms with Crippen LogP contribution in [-0.2, 0) is 14.3 Å². The van der Waals surface area contributed by atoms with E-state index in [0.717, 1.165) is 12.8 Å². The van der Waals surface area contributed by atoms with Crippen LogP contribution in [-0.4, -0.2) is 22.6 Å². The third-order valence-corrected chi connectivity index (χ3v) is 4.26. The number of hydrogen-bond acceptors (Lipinski definition) is 3. The lowest BCUT2D eigenvalue weighted by molar-refractivity contribution is -0.172. The molecule has 2 aliphatic carbocycles. The fourth-order valence-electron chi connectivity index (χ4n) is 3.10. The van der Waals surface area contributed by atoms with Gasteiger partial charge in [0.05, 0.1) is 0 Å². The molecule has 2 bridgehead atoms. The molecule has 4 nitrogen and oxygen atoms in total. The molecule has 1 N–H and O–H groups in total. The smallest absolute Gasteiger partial charge is 0.320 e. The maximum absolute atomic E-state index is 11.7. The van der Waals surface area contributed by atoms with Gasteiger partial charge in [0.1, 0.15) is 5.60 Å². The lowest BCUT2D eigenvalue weighted by Crippen LogP contribution is -2.41. The highest BCUT2D eigenvalue weighted by Crippen LogP contribution is 2.49. The van der Waals surface area contributed by atoms with Gasteiger partial charge in [-0.25, -0.2) is 0 Å². The summed E-state index contributed by atoms with van der Waals surface area (Å²) in [4.78, 5) is 22.5. The molecule has 4 heteroatoms. The van der Waals surface area contributed by atoms with Gasteiger partial charge in [-0.2, -0.15) is 0 Å². The van der Waals surface area contributed by atoms with Crippen molar-refractivity contribution in [1.82, 2.24) is 0 Å². The summed E-state index contributed by atoms with van der Waals surface area (Å²) in [7, 11) is 0. The van der Waals surface area contributed by atoms with Gasteiger partial charge in [-0.1, -0.05) is 12.2 Å². The Bertz CT molecular complexity index is 397. The summed E-state index contributed by atoms with van der Waals surface area (Å²) in [5.74, 6) is -1.49. The summed E-state index contributed by atoms with van der Waals surface area (Å²) in [6.07, 6.45) is 6.61. The summed E-state index contributed by atoms with van der Waals surface area (Å²) < 4.78 is 5.44. The lowest BCUT2D eigenvalue weighted by Gasteiger charge is -2.35. The number of rotatable bonds is 4. The van der Waals surface area contributed by atoms with E-state index in [1.165, 1.54) is 6.92 Å². The van der Waals surface area contributed by atoms with E-state index in [1.807, 2.05) is 13.8 Å². The maximum atomic E-state index is 11.7. The van der Waals surface area contributed by atoms with Gasteiger partial charge in [0, 0.05) is 5.92 Å². The van der Waals surface area contributed by atoms with Crippen LogP contribution in [0.4, 0.5) is 0 Å². The van der Waals surface area contributed by atoms with E-state index in [4.69, 9.17) is 9.84 Å². The molecule has 0 aliphatic heterocycles. The Labute approximate surface area is 107 Å². The first-order chi connectivity index (χ1) is 8.31. The van der Waals surface area contributed by atoms with Crippen LogP contribution in [0.15, 0.2) is 12.2 Å². The van der Waals surface area contributed by atoms with E-state index < -0.39 is 23.5 Å². The van der Waals surface area contributed by atoms with Crippen LogP contribution in [0.1, 0.15) is 33.6 Å². The molecule has 18 heavy (non-hydrogen) atoms. The second kappa shape index (κ2) is 4.41. The lowest BCUT2D eigenvalue weighted by atomic mass is 9.80. The predicted octanol–water partition coefficient (Wildman–Crippen LogP) is 2.24. The number of aliphatic carboxylic acids is 1. The van der Waals surface area contributed by atoms with Crippen molar-refractivity contribution >= 4 is 11.9 Å². The fraction of sp³-hybridized carbons (Fsp3) is 0.714. The second-order valence-electron chi connectivity index (χ2n) is 5.97. The molecule has 0 aromatic rings. The molecule has 0 radical (unpaired) electrons. The number of carbonyl (C=O) groups is 2. The number of fused-ring (bicyclic) bond motifs is 2. The topological polar surface area (TPSA) is 63.6 Å². The summed E-state index contributed by atoms with van der Waals surface area (Å²) >= 11 is 0. The van der Waals surface area contributed by atoms with Crippen molar-refractivity contribution in [3.63, 3.8) is 0 Å².